The van der Waals surface area contributed by atoms with Crippen LogP contribution in [-0.4, -0.2) is 28.3 Å². The lowest BCUT2D eigenvalue weighted by Crippen LogP contribution is -2.40. The van der Waals surface area contributed by atoms with E-state index in [2.05, 4.69) is 14.3 Å². The van der Waals surface area contributed by atoms with E-state index in [0.29, 0.717) is 5.84 Å². The molecule has 0 aromatic carbocycles. The number of hydrogen-bond acceptors (Lipinski definition) is 5. The van der Waals surface area contributed by atoms with Gasteiger partial charge in [0.2, 0.25) is 5.13 Å². The Hall–Kier alpha value is -1.17. The molecule has 6 heteroatoms. The molecule has 0 radical (unpaired) electrons. The van der Waals surface area contributed by atoms with Crippen molar-refractivity contribution >= 4 is 22.5 Å². The first-order valence-corrected chi connectivity index (χ1v) is 5.83. The zero-order chi connectivity index (χ0) is 10.8. The van der Waals surface area contributed by atoms with E-state index < -0.39 is 0 Å². The summed E-state index contributed by atoms with van der Waals surface area (Å²) >= 11 is 1.42. The van der Waals surface area contributed by atoms with Crippen molar-refractivity contribution in [3.63, 3.8) is 0 Å². The van der Waals surface area contributed by atoms with Crippen LogP contribution in [0.1, 0.15) is 18.7 Å². The van der Waals surface area contributed by atoms with Crippen molar-refractivity contribution in [1.29, 1.82) is 5.41 Å². The minimum atomic E-state index is 0.183. The molecule has 0 aliphatic carbocycles. The monoisotopic (exact) mass is 225 g/mol. The summed E-state index contributed by atoms with van der Waals surface area (Å²) in [4.78, 5) is 6.53. The molecule has 0 amide bonds. The molecule has 5 nitrogen and oxygen atoms in total. The maximum absolute atomic E-state index is 7.46. The van der Waals surface area contributed by atoms with Crippen LogP contribution in [0.5, 0.6) is 0 Å². The van der Waals surface area contributed by atoms with Gasteiger partial charge < -0.3 is 10.6 Å². The Balaban J connectivity index is 2.07. The summed E-state index contributed by atoms with van der Waals surface area (Å²) in [5, 5.41) is 8.42. The summed E-state index contributed by atoms with van der Waals surface area (Å²) in [6.45, 7) is 3.70. The SMILES string of the molecule is Cc1nsc(N2CCCC(C(=N)N)C2)n1. The first-order valence-electron chi connectivity index (χ1n) is 5.06. The summed E-state index contributed by atoms with van der Waals surface area (Å²) < 4.78 is 4.17. The van der Waals surface area contributed by atoms with Crippen LogP contribution in [0.4, 0.5) is 5.13 Å². The fourth-order valence-electron chi connectivity index (χ4n) is 1.82. The van der Waals surface area contributed by atoms with Gasteiger partial charge in [-0.3, -0.25) is 5.41 Å². The Labute approximate surface area is 93.0 Å². The number of hydrogen-bond donors (Lipinski definition) is 2. The lowest BCUT2D eigenvalue weighted by molar-refractivity contribution is 0.502. The second-order valence-corrected chi connectivity index (χ2v) is 4.59. The fraction of sp³-hybridized carbons (Fsp3) is 0.667. The molecule has 1 aliphatic heterocycles. The van der Waals surface area contributed by atoms with Crippen molar-refractivity contribution < 1.29 is 0 Å². The van der Waals surface area contributed by atoms with Gasteiger partial charge in [0.05, 0.1) is 5.84 Å². The number of amidine groups is 1. The molecule has 1 fully saturated rings. The van der Waals surface area contributed by atoms with E-state index in [9.17, 15) is 0 Å². The maximum Gasteiger partial charge on any atom is 0.205 e. The first-order chi connectivity index (χ1) is 7.16. The molecule has 1 aromatic heterocycles. The molecule has 15 heavy (non-hydrogen) atoms. The third kappa shape index (κ3) is 2.26. The van der Waals surface area contributed by atoms with Crippen LogP contribution in [0.3, 0.4) is 0 Å². The molecule has 1 aliphatic rings. The van der Waals surface area contributed by atoms with Crippen molar-refractivity contribution in [3.8, 4) is 0 Å². The highest BCUT2D eigenvalue weighted by Crippen LogP contribution is 2.24. The minimum absolute atomic E-state index is 0.183. The maximum atomic E-state index is 7.46. The Morgan fingerprint density at radius 1 is 1.67 bits per heavy atom. The lowest BCUT2D eigenvalue weighted by atomic mass is 9.97. The van der Waals surface area contributed by atoms with E-state index in [1.54, 1.807) is 0 Å². The highest BCUT2D eigenvalue weighted by molar-refractivity contribution is 7.09. The zero-order valence-corrected chi connectivity index (χ0v) is 9.55. The van der Waals surface area contributed by atoms with Crippen LogP contribution in [0.15, 0.2) is 0 Å². The number of nitrogens with two attached hydrogens (primary N) is 1. The van der Waals surface area contributed by atoms with Gasteiger partial charge in [0.25, 0.3) is 0 Å². The molecule has 0 spiro atoms. The van der Waals surface area contributed by atoms with Gasteiger partial charge in [-0.2, -0.15) is 4.37 Å². The predicted octanol–water partition coefficient (Wildman–Crippen LogP) is 0.999. The summed E-state index contributed by atoms with van der Waals surface area (Å²) in [5.74, 6) is 1.30. The van der Waals surface area contributed by atoms with E-state index in [0.717, 1.165) is 36.9 Å². The smallest absolute Gasteiger partial charge is 0.205 e. The molecule has 3 N–H and O–H groups in total. The fourth-order valence-corrected chi connectivity index (χ4v) is 2.53. The van der Waals surface area contributed by atoms with Gasteiger partial charge in [-0.25, -0.2) is 4.98 Å². The van der Waals surface area contributed by atoms with E-state index in [1.165, 1.54) is 11.5 Å². The van der Waals surface area contributed by atoms with E-state index >= 15 is 0 Å². The van der Waals surface area contributed by atoms with Crippen molar-refractivity contribution in [2.75, 3.05) is 18.0 Å². The Bertz CT molecular complexity index is 361. The third-order valence-corrected chi connectivity index (χ3v) is 3.52. The second-order valence-electron chi connectivity index (χ2n) is 3.86. The van der Waals surface area contributed by atoms with Crippen LogP contribution in [0, 0.1) is 18.3 Å². The number of nitrogens with one attached hydrogen (secondary N) is 1. The van der Waals surface area contributed by atoms with Gasteiger partial charge in [-0.15, -0.1) is 0 Å². The molecular formula is C9H15N5S. The number of piperidine rings is 1. The molecular weight excluding hydrogens is 210 g/mol. The quantitative estimate of drug-likeness (QED) is 0.581. The predicted molar refractivity (Wildman–Crippen MR) is 61.5 cm³/mol. The summed E-state index contributed by atoms with van der Waals surface area (Å²) in [6.07, 6.45) is 2.09. The number of aryl methyl sites for hydroxylation is 1. The van der Waals surface area contributed by atoms with E-state index in [4.69, 9.17) is 11.1 Å². The number of anilines is 1. The largest absolute Gasteiger partial charge is 0.387 e. The summed E-state index contributed by atoms with van der Waals surface area (Å²) in [5.41, 5.74) is 5.54. The molecule has 0 saturated carbocycles. The lowest BCUT2D eigenvalue weighted by Gasteiger charge is -2.31. The van der Waals surface area contributed by atoms with Crippen molar-refractivity contribution in [2.24, 2.45) is 11.7 Å². The Kier molecular flexibility index (Phi) is 2.86. The summed E-state index contributed by atoms with van der Waals surface area (Å²) in [7, 11) is 0. The molecule has 1 unspecified atom stereocenters. The molecule has 2 rings (SSSR count). The highest BCUT2D eigenvalue weighted by atomic mass is 32.1. The van der Waals surface area contributed by atoms with E-state index in [1.807, 2.05) is 6.92 Å². The van der Waals surface area contributed by atoms with Gasteiger partial charge in [0.15, 0.2) is 0 Å². The molecule has 1 saturated heterocycles. The summed E-state index contributed by atoms with van der Waals surface area (Å²) in [6, 6.07) is 0. The second kappa shape index (κ2) is 4.14. The first kappa shape index (κ1) is 10.4. The standard InChI is InChI=1S/C9H15N5S/c1-6-12-9(15-13-6)14-4-2-3-7(5-14)8(10)11/h7H,2-5H2,1H3,(H3,10,11). The average Bonchev–Trinajstić information content (AvgIpc) is 2.65. The Morgan fingerprint density at radius 3 is 3.07 bits per heavy atom. The van der Waals surface area contributed by atoms with Gasteiger partial charge in [0.1, 0.15) is 5.82 Å². The third-order valence-electron chi connectivity index (χ3n) is 2.65. The molecule has 1 atom stereocenters. The number of aromatic nitrogens is 2. The zero-order valence-electron chi connectivity index (χ0n) is 8.73. The van der Waals surface area contributed by atoms with Crippen molar-refractivity contribution in [3.05, 3.63) is 5.82 Å². The van der Waals surface area contributed by atoms with Crippen LogP contribution < -0.4 is 10.6 Å². The number of nitrogens with zero attached hydrogens (tertiary/aromatic N) is 3. The van der Waals surface area contributed by atoms with Crippen molar-refractivity contribution in [2.45, 2.75) is 19.8 Å². The minimum Gasteiger partial charge on any atom is -0.387 e. The van der Waals surface area contributed by atoms with Crippen LogP contribution >= 0.6 is 11.5 Å². The van der Waals surface area contributed by atoms with Gasteiger partial charge >= 0.3 is 0 Å². The van der Waals surface area contributed by atoms with Crippen molar-refractivity contribution in [1.82, 2.24) is 9.36 Å². The Morgan fingerprint density at radius 2 is 2.47 bits per heavy atom. The van der Waals surface area contributed by atoms with Gasteiger partial charge in [-0.1, -0.05) is 0 Å². The van der Waals surface area contributed by atoms with Crippen LogP contribution in [-0.2, 0) is 0 Å². The average molecular weight is 225 g/mol. The van der Waals surface area contributed by atoms with Crippen LogP contribution in [0.25, 0.3) is 0 Å². The number of rotatable bonds is 2. The highest BCUT2D eigenvalue weighted by Gasteiger charge is 2.23. The van der Waals surface area contributed by atoms with Crippen LogP contribution in [0.2, 0.25) is 0 Å². The normalized spacial score (nSPS) is 21.7. The van der Waals surface area contributed by atoms with Gasteiger partial charge in [0, 0.05) is 30.5 Å². The van der Waals surface area contributed by atoms with Gasteiger partial charge in [-0.05, 0) is 19.8 Å². The topological polar surface area (TPSA) is 78.9 Å². The molecule has 0 bridgehead atoms. The molecule has 82 valence electrons. The molecule has 2 heterocycles. The molecule has 1 aromatic rings. The van der Waals surface area contributed by atoms with E-state index in [-0.39, 0.29) is 5.92 Å².